The van der Waals surface area contributed by atoms with Crippen LogP contribution in [0.4, 0.5) is 14.3 Å². The molecule has 2 aromatic carbocycles. The third-order valence-electron chi connectivity index (χ3n) is 4.13. The zero-order valence-corrected chi connectivity index (χ0v) is 13.1. The molecule has 2 heterocycles. The SMILES string of the molecule is O=C(Nc1nc2ccc3cc(F)ccc3c2s1)[C@@H]1CCN1C(=O)O. The number of carbonyl (C=O) groups excluding carboxylic acids is 1. The zero-order valence-electron chi connectivity index (χ0n) is 12.3. The molecular formula is C16H12FN3O3S. The van der Waals surface area contributed by atoms with Crippen LogP contribution in [0.5, 0.6) is 0 Å². The summed E-state index contributed by atoms with van der Waals surface area (Å²) in [5.41, 5.74) is 0.707. The van der Waals surface area contributed by atoms with Crippen molar-refractivity contribution >= 4 is 49.5 Å². The lowest BCUT2D eigenvalue weighted by molar-refractivity contribution is -0.124. The van der Waals surface area contributed by atoms with Crippen molar-refractivity contribution in [3.05, 3.63) is 36.1 Å². The van der Waals surface area contributed by atoms with E-state index in [1.54, 1.807) is 18.2 Å². The highest BCUT2D eigenvalue weighted by Gasteiger charge is 2.37. The summed E-state index contributed by atoms with van der Waals surface area (Å²) in [6, 6.07) is 7.42. The molecule has 0 spiro atoms. The fraction of sp³-hybridized carbons (Fsp3) is 0.188. The van der Waals surface area contributed by atoms with Crippen molar-refractivity contribution in [1.29, 1.82) is 0 Å². The topological polar surface area (TPSA) is 82.5 Å². The molecule has 24 heavy (non-hydrogen) atoms. The molecule has 1 aromatic heterocycles. The number of nitrogens with one attached hydrogen (secondary N) is 1. The second-order valence-electron chi connectivity index (χ2n) is 5.57. The summed E-state index contributed by atoms with van der Waals surface area (Å²) < 4.78 is 14.2. The lowest BCUT2D eigenvalue weighted by Gasteiger charge is -2.36. The minimum absolute atomic E-state index is 0.307. The number of hydrogen-bond donors (Lipinski definition) is 2. The van der Waals surface area contributed by atoms with Crippen LogP contribution in [0.1, 0.15) is 6.42 Å². The number of carboxylic acid groups (broad SMARTS) is 1. The standard InChI is InChI=1S/C16H12FN3O3S/c17-9-2-3-10-8(7-9)1-4-11-13(10)24-15(18-11)19-14(21)12-5-6-20(12)16(22)23/h1-4,7,12H,5-6H2,(H,22,23)(H,18,19,21)/t12-/m0/s1. The summed E-state index contributed by atoms with van der Waals surface area (Å²) in [4.78, 5) is 28.6. The van der Waals surface area contributed by atoms with Gasteiger partial charge in [-0.15, -0.1) is 0 Å². The fourth-order valence-corrected chi connectivity index (χ4v) is 3.82. The van der Waals surface area contributed by atoms with Crippen molar-refractivity contribution in [1.82, 2.24) is 9.88 Å². The number of aromatic nitrogens is 1. The van der Waals surface area contributed by atoms with Gasteiger partial charge in [0.1, 0.15) is 11.9 Å². The normalized spacial score (nSPS) is 17.0. The van der Waals surface area contributed by atoms with Crippen molar-refractivity contribution in [3.8, 4) is 0 Å². The molecule has 1 fully saturated rings. The summed E-state index contributed by atoms with van der Waals surface area (Å²) in [7, 11) is 0. The van der Waals surface area contributed by atoms with Crippen LogP contribution in [-0.4, -0.2) is 39.6 Å². The van der Waals surface area contributed by atoms with Crippen LogP contribution in [-0.2, 0) is 4.79 Å². The summed E-state index contributed by atoms with van der Waals surface area (Å²) in [6.45, 7) is 0.365. The molecule has 0 unspecified atom stereocenters. The van der Waals surface area contributed by atoms with Crippen LogP contribution >= 0.6 is 11.3 Å². The first-order valence-corrected chi connectivity index (χ1v) is 8.14. The van der Waals surface area contributed by atoms with Gasteiger partial charge in [-0.3, -0.25) is 9.69 Å². The zero-order chi connectivity index (χ0) is 16.8. The van der Waals surface area contributed by atoms with Crippen molar-refractivity contribution in [3.63, 3.8) is 0 Å². The van der Waals surface area contributed by atoms with Crippen LogP contribution in [0.25, 0.3) is 21.0 Å². The molecule has 2 N–H and O–H groups in total. The summed E-state index contributed by atoms with van der Waals surface area (Å²) in [5, 5.41) is 13.7. The van der Waals surface area contributed by atoms with Gasteiger partial charge in [0.2, 0.25) is 5.91 Å². The molecule has 6 nitrogen and oxygen atoms in total. The fourth-order valence-electron chi connectivity index (χ4n) is 2.82. The van der Waals surface area contributed by atoms with E-state index in [1.807, 2.05) is 0 Å². The van der Waals surface area contributed by atoms with Crippen LogP contribution in [0.3, 0.4) is 0 Å². The van der Waals surface area contributed by atoms with E-state index >= 15 is 0 Å². The summed E-state index contributed by atoms with van der Waals surface area (Å²) in [5.74, 6) is -0.684. The summed E-state index contributed by atoms with van der Waals surface area (Å²) >= 11 is 1.29. The molecule has 8 heteroatoms. The molecule has 1 atom stereocenters. The highest BCUT2D eigenvalue weighted by molar-refractivity contribution is 7.23. The van der Waals surface area contributed by atoms with Gasteiger partial charge in [-0.25, -0.2) is 14.2 Å². The monoisotopic (exact) mass is 345 g/mol. The maximum absolute atomic E-state index is 13.3. The molecule has 0 aliphatic carbocycles. The Hall–Kier alpha value is -2.74. The molecule has 2 amide bonds. The number of rotatable bonds is 2. The van der Waals surface area contributed by atoms with Crippen molar-refractivity contribution in [2.45, 2.75) is 12.5 Å². The number of anilines is 1. The van der Waals surface area contributed by atoms with Gasteiger partial charge in [-0.05, 0) is 36.1 Å². The lowest BCUT2D eigenvalue weighted by atomic mass is 10.0. The van der Waals surface area contributed by atoms with Gasteiger partial charge in [0.25, 0.3) is 0 Å². The number of fused-ring (bicyclic) bond motifs is 3. The molecule has 1 saturated heterocycles. The average Bonchev–Trinajstić information content (AvgIpc) is 2.87. The minimum atomic E-state index is -1.10. The number of hydrogen-bond acceptors (Lipinski definition) is 4. The smallest absolute Gasteiger partial charge is 0.407 e. The van der Waals surface area contributed by atoms with Gasteiger partial charge in [0, 0.05) is 11.9 Å². The Morgan fingerprint density at radius 1 is 1.33 bits per heavy atom. The molecule has 3 aromatic rings. The van der Waals surface area contributed by atoms with E-state index in [0.29, 0.717) is 23.6 Å². The molecule has 122 valence electrons. The minimum Gasteiger partial charge on any atom is -0.465 e. The van der Waals surface area contributed by atoms with Gasteiger partial charge in [0.05, 0.1) is 10.2 Å². The van der Waals surface area contributed by atoms with Crippen molar-refractivity contribution in [2.24, 2.45) is 0 Å². The van der Waals surface area contributed by atoms with Gasteiger partial charge in [0.15, 0.2) is 5.13 Å². The third-order valence-corrected chi connectivity index (χ3v) is 5.15. The number of halogens is 1. The largest absolute Gasteiger partial charge is 0.465 e. The van der Waals surface area contributed by atoms with E-state index in [-0.39, 0.29) is 11.7 Å². The Bertz CT molecular complexity index is 987. The second kappa shape index (κ2) is 5.41. The molecule has 1 aliphatic heterocycles. The Morgan fingerprint density at radius 2 is 2.17 bits per heavy atom. The number of benzene rings is 2. The van der Waals surface area contributed by atoms with E-state index in [2.05, 4.69) is 10.3 Å². The Balaban J connectivity index is 1.64. The number of carbonyl (C=O) groups is 2. The molecule has 1 aliphatic rings. The Kier molecular flexibility index (Phi) is 3.34. The number of thiazole rings is 1. The number of nitrogens with zero attached hydrogens (tertiary/aromatic N) is 2. The number of likely N-dealkylation sites (tertiary alicyclic amines) is 1. The first kappa shape index (κ1) is 14.8. The van der Waals surface area contributed by atoms with Gasteiger partial charge in [-0.1, -0.05) is 17.4 Å². The molecule has 4 rings (SSSR count). The lowest BCUT2D eigenvalue weighted by Crippen LogP contribution is -2.56. The van der Waals surface area contributed by atoms with E-state index in [9.17, 15) is 14.0 Å². The first-order chi connectivity index (χ1) is 11.5. The van der Waals surface area contributed by atoms with Gasteiger partial charge >= 0.3 is 6.09 Å². The van der Waals surface area contributed by atoms with E-state index < -0.39 is 12.1 Å². The van der Waals surface area contributed by atoms with Gasteiger partial charge in [-0.2, -0.15) is 0 Å². The maximum atomic E-state index is 13.3. The predicted octanol–water partition coefficient (Wildman–Crippen LogP) is 3.28. The first-order valence-electron chi connectivity index (χ1n) is 7.32. The van der Waals surface area contributed by atoms with Crippen LogP contribution in [0.2, 0.25) is 0 Å². The third kappa shape index (κ3) is 2.35. The van der Waals surface area contributed by atoms with Crippen molar-refractivity contribution in [2.75, 3.05) is 11.9 Å². The predicted molar refractivity (Wildman–Crippen MR) is 88.8 cm³/mol. The van der Waals surface area contributed by atoms with Gasteiger partial charge < -0.3 is 10.4 Å². The second-order valence-corrected chi connectivity index (χ2v) is 6.57. The van der Waals surface area contributed by atoms with Crippen LogP contribution < -0.4 is 5.32 Å². The molecular weight excluding hydrogens is 333 g/mol. The van der Waals surface area contributed by atoms with E-state index in [0.717, 1.165) is 20.4 Å². The van der Waals surface area contributed by atoms with E-state index in [4.69, 9.17) is 5.11 Å². The van der Waals surface area contributed by atoms with Crippen LogP contribution in [0.15, 0.2) is 30.3 Å². The molecule has 0 saturated carbocycles. The quantitative estimate of drug-likeness (QED) is 0.747. The number of amides is 2. The van der Waals surface area contributed by atoms with E-state index in [1.165, 1.54) is 23.5 Å². The average molecular weight is 345 g/mol. The Morgan fingerprint density at radius 3 is 2.88 bits per heavy atom. The molecule has 0 radical (unpaired) electrons. The highest BCUT2D eigenvalue weighted by atomic mass is 32.1. The molecule has 0 bridgehead atoms. The maximum Gasteiger partial charge on any atom is 0.407 e. The Labute approximate surface area is 139 Å². The van der Waals surface area contributed by atoms with Crippen molar-refractivity contribution < 1.29 is 19.1 Å². The summed E-state index contributed by atoms with van der Waals surface area (Å²) in [6.07, 6.45) is -0.593. The highest BCUT2D eigenvalue weighted by Crippen LogP contribution is 2.33. The van der Waals surface area contributed by atoms with Crippen LogP contribution in [0, 0.1) is 5.82 Å².